The number of ether oxygens (including phenoxy) is 2. The summed E-state index contributed by atoms with van der Waals surface area (Å²) >= 11 is 8.40. The number of carbonyl (C=O) groups is 1. The van der Waals surface area contributed by atoms with Crippen molar-refractivity contribution in [3.8, 4) is 11.5 Å². The SMILES string of the molecule is CCOc1cc(/C=N\NC(=O)c2ccccc2N)cc(I)c1OCc1ccccc1Cl. The van der Waals surface area contributed by atoms with Gasteiger partial charge in [-0.15, -0.1) is 0 Å². The van der Waals surface area contributed by atoms with Crippen molar-refractivity contribution in [3.05, 3.63) is 85.9 Å². The van der Waals surface area contributed by atoms with Gasteiger partial charge in [0.15, 0.2) is 11.5 Å². The maximum Gasteiger partial charge on any atom is 0.273 e. The van der Waals surface area contributed by atoms with Gasteiger partial charge >= 0.3 is 0 Å². The van der Waals surface area contributed by atoms with E-state index in [1.807, 2.05) is 37.3 Å². The molecule has 160 valence electrons. The average molecular weight is 550 g/mol. The molecule has 0 spiro atoms. The molecular weight excluding hydrogens is 529 g/mol. The molecule has 0 unspecified atom stereocenters. The van der Waals surface area contributed by atoms with Gasteiger partial charge < -0.3 is 15.2 Å². The van der Waals surface area contributed by atoms with E-state index in [0.717, 1.165) is 14.7 Å². The lowest BCUT2D eigenvalue weighted by Gasteiger charge is -2.15. The van der Waals surface area contributed by atoms with Crippen LogP contribution >= 0.6 is 34.2 Å². The van der Waals surface area contributed by atoms with Crippen LogP contribution in [0.15, 0.2) is 65.8 Å². The molecule has 0 aliphatic carbocycles. The van der Waals surface area contributed by atoms with Crippen LogP contribution in [0.4, 0.5) is 5.69 Å². The van der Waals surface area contributed by atoms with Gasteiger partial charge in [0.1, 0.15) is 6.61 Å². The van der Waals surface area contributed by atoms with Crippen LogP contribution in [0.2, 0.25) is 5.02 Å². The molecule has 0 saturated heterocycles. The Morgan fingerprint density at radius 1 is 1.16 bits per heavy atom. The first-order valence-electron chi connectivity index (χ1n) is 9.50. The Kier molecular flexibility index (Phi) is 8.13. The first-order chi connectivity index (χ1) is 15.0. The van der Waals surface area contributed by atoms with Gasteiger partial charge in [0.25, 0.3) is 5.91 Å². The average Bonchev–Trinajstić information content (AvgIpc) is 2.75. The molecule has 0 radical (unpaired) electrons. The molecule has 0 atom stereocenters. The Bertz CT molecular complexity index is 1110. The lowest BCUT2D eigenvalue weighted by Crippen LogP contribution is -2.19. The zero-order valence-corrected chi connectivity index (χ0v) is 19.7. The topological polar surface area (TPSA) is 85.9 Å². The van der Waals surface area contributed by atoms with Crippen LogP contribution in [0.1, 0.15) is 28.4 Å². The van der Waals surface area contributed by atoms with E-state index in [4.69, 9.17) is 26.8 Å². The van der Waals surface area contributed by atoms with Crippen molar-refractivity contribution in [3.63, 3.8) is 0 Å². The van der Waals surface area contributed by atoms with Gasteiger partial charge in [0, 0.05) is 16.3 Å². The number of amides is 1. The number of nitrogen functional groups attached to an aromatic ring is 1. The van der Waals surface area contributed by atoms with Crippen LogP contribution < -0.4 is 20.6 Å². The minimum Gasteiger partial charge on any atom is -0.490 e. The number of hydrogen-bond donors (Lipinski definition) is 2. The molecule has 1 amide bonds. The third kappa shape index (κ3) is 6.11. The zero-order valence-electron chi connectivity index (χ0n) is 16.8. The van der Waals surface area contributed by atoms with Crippen LogP contribution in [0.3, 0.4) is 0 Å². The Morgan fingerprint density at radius 3 is 2.65 bits per heavy atom. The second-order valence-electron chi connectivity index (χ2n) is 6.43. The van der Waals surface area contributed by atoms with E-state index in [-0.39, 0.29) is 5.91 Å². The lowest BCUT2D eigenvalue weighted by molar-refractivity contribution is 0.0956. The highest BCUT2D eigenvalue weighted by molar-refractivity contribution is 14.1. The van der Waals surface area contributed by atoms with Gasteiger partial charge in [0.05, 0.1) is 22.0 Å². The molecule has 3 aromatic rings. The summed E-state index contributed by atoms with van der Waals surface area (Å²) in [6.07, 6.45) is 1.54. The van der Waals surface area contributed by atoms with Crippen LogP contribution in [0.5, 0.6) is 11.5 Å². The van der Waals surface area contributed by atoms with Gasteiger partial charge in [-0.1, -0.05) is 41.9 Å². The molecule has 3 N–H and O–H groups in total. The normalized spacial score (nSPS) is 10.8. The van der Waals surface area contributed by atoms with Crippen molar-refractivity contribution < 1.29 is 14.3 Å². The number of rotatable bonds is 8. The van der Waals surface area contributed by atoms with Crippen LogP contribution in [-0.4, -0.2) is 18.7 Å². The number of para-hydroxylation sites is 1. The van der Waals surface area contributed by atoms with Crippen molar-refractivity contribution in [2.45, 2.75) is 13.5 Å². The van der Waals surface area contributed by atoms with E-state index in [0.29, 0.717) is 41.0 Å². The first-order valence-corrected chi connectivity index (χ1v) is 11.0. The highest BCUT2D eigenvalue weighted by atomic mass is 127. The maximum atomic E-state index is 12.2. The standard InChI is InChI=1S/C23H21ClIN3O3/c1-2-30-21-12-15(13-27-28-23(29)17-8-4-6-10-20(17)26)11-19(25)22(21)31-14-16-7-3-5-9-18(16)24/h3-13H,2,14,26H2,1H3,(H,28,29)/b27-13-. The number of nitrogens with one attached hydrogen (secondary N) is 1. The molecular formula is C23H21ClIN3O3. The Hall–Kier alpha value is -2.78. The van der Waals surface area contributed by atoms with Gasteiger partial charge in [-0.05, 0) is 65.4 Å². The number of nitrogens with two attached hydrogens (primary N) is 1. The molecule has 6 nitrogen and oxygen atoms in total. The largest absolute Gasteiger partial charge is 0.490 e. The Morgan fingerprint density at radius 2 is 1.90 bits per heavy atom. The molecule has 0 saturated carbocycles. The molecule has 0 aromatic heterocycles. The second-order valence-corrected chi connectivity index (χ2v) is 8.00. The highest BCUT2D eigenvalue weighted by Crippen LogP contribution is 2.35. The third-order valence-corrected chi connectivity index (χ3v) is 5.42. The van der Waals surface area contributed by atoms with Crippen molar-refractivity contribution in [2.75, 3.05) is 12.3 Å². The molecule has 0 aliphatic rings. The summed E-state index contributed by atoms with van der Waals surface area (Å²) in [5, 5.41) is 4.69. The third-order valence-electron chi connectivity index (χ3n) is 4.25. The Balaban J connectivity index is 1.74. The summed E-state index contributed by atoms with van der Waals surface area (Å²) in [7, 11) is 0. The van der Waals surface area contributed by atoms with Gasteiger partial charge in [0.2, 0.25) is 0 Å². The molecule has 0 bridgehead atoms. The molecule has 3 rings (SSSR count). The number of hydrogen-bond acceptors (Lipinski definition) is 5. The molecule has 3 aromatic carbocycles. The monoisotopic (exact) mass is 549 g/mol. The summed E-state index contributed by atoms with van der Waals surface area (Å²) in [6, 6.07) is 18.0. The minimum absolute atomic E-state index is 0.317. The first kappa shape index (κ1) is 22.9. The van der Waals surface area contributed by atoms with E-state index in [9.17, 15) is 4.79 Å². The fourth-order valence-corrected chi connectivity index (χ4v) is 3.73. The summed E-state index contributed by atoms with van der Waals surface area (Å²) in [5.41, 5.74) is 10.7. The molecule has 0 aliphatic heterocycles. The zero-order chi connectivity index (χ0) is 22.2. The predicted molar refractivity (Wildman–Crippen MR) is 132 cm³/mol. The molecule has 8 heteroatoms. The number of carbonyl (C=O) groups excluding carboxylic acids is 1. The molecule has 0 heterocycles. The maximum absolute atomic E-state index is 12.2. The predicted octanol–water partition coefficient (Wildman–Crippen LogP) is 5.27. The number of anilines is 1. The van der Waals surface area contributed by atoms with E-state index in [1.165, 1.54) is 0 Å². The number of benzene rings is 3. The van der Waals surface area contributed by atoms with E-state index >= 15 is 0 Å². The lowest BCUT2D eigenvalue weighted by atomic mass is 10.2. The van der Waals surface area contributed by atoms with Crippen LogP contribution in [0, 0.1) is 3.57 Å². The smallest absolute Gasteiger partial charge is 0.273 e. The summed E-state index contributed by atoms with van der Waals surface area (Å²) in [5.74, 6) is 0.830. The molecule has 31 heavy (non-hydrogen) atoms. The molecule has 0 fully saturated rings. The highest BCUT2D eigenvalue weighted by Gasteiger charge is 2.13. The fraction of sp³-hybridized carbons (Fsp3) is 0.130. The summed E-state index contributed by atoms with van der Waals surface area (Å²) in [4.78, 5) is 12.2. The summed E-state index contributed by atoms with van der Waals surface area (Å²) < 4.78 is 12.6. The second kappa shape index (κ2) is 11.0. The van der Waals surface area contributed by atoms with Crippen molar-refractivity contribution >= 4 is 52.0 Å². The summed E-state index contributed by atoms with van der Waals surface area (Å²) in [6.45, 7) is 2.69. The van der Waals surface area contributed by atoms with Gasteiger partial charge in [-0.2, -0.15) is 5.10 Å². The fourth-order valence-electron chi connectivity index (χ4n) is 2.76. The quantitative estimate of drug-likeness (QED) is 0.174. The van der Waals surface area contributed by atoms with E-state index in [2.05, 4.69) is 33.1 Å². The van der Waals surface area contributed by atoms with Crippen molar-refractivity contribution in [1.82, 2.24) is 5.43 Å². The van der Waals surface area contributed by atoms with Crippen LogP contribution in [-0.2, 0) is 6.61 Å². The number of nitrogens with zero attached hydrogens (tertiary/aromatic N) is 1. The minimum atomic E-state index is -0.381. The van der Waals surface area contributed by atoms with Gasteiger partial charge in [-0.3, -0.25) is 4.79 Å². The van der Waals surface area contributed by atoms with Crippen LogP contribution in [0.25, 0.3) is 0 Å². The van der Waals surface area contributed by atoms with E-state index < -0.39 is 0 Å². The number of hydrazone groups is 1. The van der Waals surface area contributed by atoms with Crippen molar-refractivity contribution in [2.24, 2.45) is 5.10 Å². The van der Waals surface area contributed by atoms with Crippen molar-refractivity contribution in [1.29, 1.82) is 0 Å². The Labute approximate surface area is 199 Å². The van der Waals surface area contributed by atoms with E-state index in [1.54, 1.807) is 36.5 Å². The number of halogens is 2. The van der Waals surface area contributed by atoms with Gasteiger partial charge in [-0.25, -0.2) is 5.43 Å².